The van der Waals surface area contributed by atoms with Crippen molar-refractivity contribution in [3.8, 4) is 17.2 Å². The largest absolute Gasteiger partial charge is 0.491 e. The van der Waals surface area contributed by atoms with Crippen LogP contribution in [0.3, 0.4) is 0 Å². The quantitative estimate of drug-likeness (QED) is 0.692. The first-order valence-corrected chi connectivity index (χ1v) is 9.01. The zero-order valence-electron chi connectivity index (χ0n) is 15.9. The van der Waals surface area contributed by atoms with E-state index in [1.165, 1.54) is 0 Å². The molecular formula is C21H27NO4. The molecule has 26 heavy (non-hydrogen) atoms. The van der Waals surface area contributed by atoms with Crippen LogP contribution in [-0.2, 0) is 0 Å². The predicted molar refractivity (Wildman–Crippen MR) is 104 cm³/mol. The van der Waals surface area contributed by atoms with Crippen LogP contribution in [0.5, 0.6) is 17.2 Å². The van der Waals surface area contributed by atoms with Gasteiger partial charge in [0.2, 0.25) is 0 Å². The van der Waals surface area contributed by atoms with Gasteiger partial charge in [-0.25, -0.2) is 0 Å². The lowest BCUT2D eigenvalue weighted by Crippen LogP contribution is -2.12. The number of carbonyl (C=O) groups excluding carboxylic acids is 1. The van der Waals surface area contributed by atoms with Crippen molar-refractivity contribution in [2.75, 3.05) is 18.5 Å². The first kappa shape index (κ1) is 19.6. The Morgan fingerprint density at radius 3 is 2.35 bits per heavy atom. The number of benzene rings is 2. The number of nitrogens with one attached hydrogen (secondary N) is 1. The summed E-state index contributed by atoms with van der Waals surface area (Å²) in [6.07, 6.45) is 1.02. The Morgan fingerprint density at radius 1 is 1.00 bits per heavy atom. The Balaban J connectivity index is 2.09. The Labute approximate surface area is 155 Å². The van der Waals surface area contributed by atoms with E-state index in [1.54, 1.807) is 18.2 Å². The fourth-order valence-electron chi connectivity index (χ4n) is 2.34. The van der Waals surface area contributed by atoms with E-state index in [0.717, 1.165) is 12.2 Å². The first-order valence-electron chi connectivity index (χ1n) is 9.01. The fourth-order valence-corrected chi connectivity index (χ4v) is 2.34. The summed E-state index contributed by atoms with van der Waals surface area (Å²) in [5, 5.41) is 2.88. The number of ether oxygens (including phenoxy) is 3. The Bertz CT molecular complexity index is 710. The molecule has 2 rings (SSSR count). The Hall–Kier alpha value is -2.69. The van der Waals surface area contributed by atoms with Gasteiger partial charge in [0.15, 0.2) is 11.5 Å². The van der Waals surface area contributed by atoms with Gasteiger partial charge in [-0.1, -0.05) is 6.92 Å². The second-order valence-corrected chi connectivity index (χ2v) is 6.09. The van der Waals surface area contributed by atoms with E-state index in [4.69, 9.17) is 14.2 Å². The highest BCUT2D eigenvalue weighted by molar-refractivity contribution is 6.04. The van der Waals surface area contributed by atoms with Crippen molar-refractivity contribution in [1.29, 1.82) is 0 Å². The Kier molecular flexibility index (Phi) is 7.33. The SMILES string of the molecule is CCCOc1ccc(C(=O)Nc2ccc(OC(C)C)cc2)cc1OCC. The maximum Gasteiger partial charge on any atom is 0.255 e. The third-order valence-corrected chi connectivity index (χ3v) is 3.45. The summed E-state index contributed by atoms with van der Waals surface area (Å²) < 4.78 is 16.9. The van der Waals surface area contributed by atoms with Gasteiger partial charge in [-0.2, -0.15) is 0 Å². The van der Waals surface area contributed by atoms with Gasteiger partial charge in [0.25, 0.3) is 5.91 Å². The molecule has 0 aromatic heterocycles. The van der Waals surface area contributed by atoms with Crippen molar-refractivity contribution in [3.63, 3.8) is 0 Å². The monoisotopic (exact) mass is 357 g/mol. The highest BCUT2D eigenvalue weighted by atomic mass is 16.5. The molecule has 0 aliphatic rings. The molecule has 0 aliphatic carbocycles. The summed E-state index contributed by atoms with van der Waals surface area (Å²) in [7, 11) is 0. The second-order valence-electron chi connectivity index (χ2n) is 6.09. The zero-order valence-corrected chi connectivity index (χ0v) is 15.9. The number of anilines is 1. The number of hydrogen-bond donors (Lipinski definition) is 1. The lowest BCUT2D eigenvalue weighted by Gasteiger charge is -2.13. The maximum absolute atomic E-state index is 12.5. The van der Waals surface area contributed by atoms with E-state index in [2.05, 4.69) is 5.32 Å². The molecule has 0 saturated heterocycles. The summed E-state index contributed by atoms with van der Waals surface area (Å²) in [5.41, 5.74) is 1.22. The molecule has 0 saturated carbocycles. The molecule has 5 nitrogen and oxygen atoms in total. The van der Waals surface area contributed by atoms with Crippen LogP contribution in [0.15, 0.2) is 42.5 Å². The van der Waals surface area contributed by atoms with Crippen molar-refractivity contribution in [2.24, 2.45) is 0 Å². The molecule has 0 fully saturated rings. The number of hydrogen-bond acceptors (Lipinski definition) is 4. The minimum absolute atomic E-state index is 0.112. The minimum atomic E-state index is -0.203. The van der Waals surface area contributed by atoms with Gasteiger partial charge in [0.05, 0.1) is 19.3 Å². The van der Waals surface area contributed by atoms with Crippen LogP contribution >= 0.6 is 0 Å². The lowest BCUT2D eigenvalue weighted by molar-refractivity contribution is 0.102. The highest BCUT2D eigenvalue weighted by Crippen LogP contribution is 2.29. The standard InChI is InChI=1S/C21H27NO4/c1-5-13-25-19-12-7-16(14-20(19)24-6-2)21(23)22-17-8-10-18(11-9-17)26-15(3)4/h7-12,14-15H,5-6,13H2,1-4H3,(H,22,23). The van der Waals surface area contributed by atoms with Gasteiger partial charge < -0.3 is 19.5 Å². The molecule has 0 radical (unpaired) electrons. The molecule has 0 unspecified atom stereocenters. The highest BCUT2D eigenvalue weighted by Gasteiger charge is 2.12. The average Bonchev–Trinajstić information content (AvgIpc) is 2.62. The van der Waals surface area contributed by atoms with Crippen LogP contribution in [0.4, 0.5) is 5.69 Å². The van der Waals surface area contributed by atoms with Crippen molar-refractivity contribution in [1.82, 2.24) is 0 Å². The molecular weight excluding hydrogens is 330 g/mol. The predicted octanol–water partition coefficient (Wildman–Crippen LogP) is 4.91. The normalized spacial score (nSPS) is 10.5. The molecule has 0 bridgehead atoms. The smallest absolute Gasteiger partial charge is 0.255 e. The van der Waals surface area contributed by atoms with E-state index >= 15 is 0 Å². The van der Waals surface area contributed by atoms with Gasteiger partial charge in [0, 0.05) is 11.3 Å². The van der Waals surface area contributed by atoms with Crippen LogP contribution in [0.25, 0.3) is 0 Å². The van der Waals surface area contributed by atoms with Gasteiger partial charge >= 0.3 is 0 Å². The van der Waals surface area contributed by atoms with E-state index in [9.17, 15) is 4.79 Å². The van der Waals surface area contributed by atoms with Gasteiger partial charge in [-0.15, -0.1) is 0 Å². The summed E-state index contributed by atoms with van der Waals surface area (Å²) in [6, 6.07) is 12.5. The zero-order chi connectivity index (χ0) is 18.9. The van der Waals surface area contributed by atoms with Crippen LogP contribution in [0, 0.1) is 0 Å². The molecule has 2 aromatic rings. The fraction of sp³-hybridized carbons (Fsp3) is 0.381. The van der Waals surface area contributed by atoms with Crippen molar-refractivity contribution in [3.05, 3.63) is 48.0 Å². The van der Waals surface area contributed by atoms with E-state index in [-0.39, 0.29) is 12.0 Å². The molecule has 0 spiro atoms. The minimum Gasteiger partial charge on any atom is -0.491 e. The number of carbonyl (C=O) groups is 1. The van der Waals surface area contributed by atoms with Crippen LogP contribution in [0.2, 0.25) is 0 Å². The second kappa shape index (κ2) is 9.70. The van der Waals surface area contributed by atoms with Crippen molar-refractivity contribution < 1.29 is 19.0 Å². The molecule has 0 aliphatic heterocycles. The van der Waals surface area contributed by atoms with E-state index in [1.807, 2.05) is 52.0 Å². The van der Waals surface area contributed by atoms with Gasteiger partial charge in [0.1, 0.15) is 5.75 Å². The Morgan fingerprint density at radius 2 is 1.73 bits per heavy atom. The topological polar surface area (TPSA) is 56.8 Å². The van der Waals surface area contributed by atoms with Crippen LogP contribution < -0.4 is 19.5 Å². The van der Waals surface area contributed by atoms with Crippen LogP contribution in [0.1, 0.15) is 44.5 Å². The summed E-state index contributed by atoms with van der Waals surface area (Å²) in [6.45, 7) is 9.00. The molecule has 1 amide bonds. The third-order valence-electron chi connectivity index (χ3n) is 3.45. The summed E-state index contributed by atoms with van der Waals surface area (Å²) >= 11 is 0. The van der Waals surface area contributed by atoms with Gasteiger partial charge in [-0.3, -0.25) is 4.79 Å². The summed E-state index contributed by atoms with van der Waals surface area (Å²) in [5.74, 6) is 1.80. The van der Waals surface area contributed by atoms with E-state index < -0.39 is 0 Å². The average molecular weight is 357 g/mol. The molecule has 0 atom stereocenters. The van der Waals surface area contributed by atoms with Crippen molar-refractivity contribution in [2.45, 2.75) is 40.2 Å². The summed E-state index contributed by atoms with van der Waals surface area (Å²) in [4.78, 5) is 12.5. The van der Waals surface area contributed by atoms with E-state index in [0.29, 0.717) is 36.0 Å². The third kappa shape index (κ3) is 5.69. The van der Waals surface area contributed by atoms with Crippen molar-refractivity contribution >= 4 is 11.6 Å². The molecule has 5 heteroatoms. The number of amides is 1. The first-order chi connectivity index (χ1) is 12.5. The number of rotatable bonds is 9. The molecule has 140 valence electrons. The van der Waals surface area contributed by atoms with Gasteiger partial charge in [-0.05, 0) is 69.7 Å². The molecule has 1 N–H and O–H groups in total. The molecule has 2 aromatic carbocycles. The maximum atomic E-state index is 12.5. The lowest BCUT2D eigenvalue weighted by atomic mass is 10.1. The van der Waals surface area contributed by atoms with Crippen LogP contribution in [-0.4, -0.2) is 25.2 Å². The molecule has 0 heterocycles.